The third-order valence-electron chi connectivity index (χ3n) is 3.31. The lowest BCUT2D eigenvalue weighted by Crippen LogP contribution is -2.50. The third kappa shape index (κ3) is 2.11. The molecule has 0 bridgehead atoms. The van der Waals surface area contributed by atoms with Crippen LogP contribution in [0.2, 0.25) is 0 Å². The highest BCUT2D eigenvalue weighted by Gasteiger charge is 2.19. The number of para-hydroxylation sites is 1. The minimum atomic E-state index is 0.514. The third-order valence-corrected chi connectivity index (χ3v) is 3.31. The summed E-state index contributed by atoms with van der Waals surface area (Å²) in [5, 5.41) is 3.45. The molecule has 1 atom stereocenters. The maximum absolute atomic E-state index is 4.51. The van der Waals surface area contributed by atoms with Crippen LogP contribution in [0.5, 0.6) is 0 Å². The minimum Gasteiger partial charge on any atom is -0.339 e. The molecular formula is C14H18N4. The molecule has 4 heteroatoms. The predicted octanol–water partition coefficient (Wildman–Crippen LogP) is 1.67. The molecule has 4 nitrogen and oxygen atoms in total. The molecule has 1 aliphatic heterocycles. The van der Waals surface area contributed by atoms with Gasteiger partial charge in [-0.1, -0.05) is 18.2 Å². The molecule has 1 N–H and O–H groups in total. The van der Waals surface area contributed by atoms with Gasteiger partial charge in [0, 0.05) is 43.8 Å². The van der Waals surface area contributed by atoms with Crippen molar-refractivity contribution in [3.8, 4) is 5.69 Å². The van der Waals surface area contributed by atoms with Crippen LogP contribution in [0.3, 0.4) is 0 Å². The van der Waals surface area contributed by atoms with Crippen molar-refractivity contribution in [1.29, 1.82) is 0 Å². The van der Waals surface area contributed by atoms with Crippen LogP contribution in [-0.2, 0) is 0 Å². The number of anilines is 1. The number of nitrogens with one attached hydrogen (secondary N) is 1. The zero-order valence-electron chi connectivity index (χ0n) is 10.6. The monoisotopic (exact) mass is 242 g/mol. The standard InChI is InChI=1S/C14H18N4/c1-12-11-17(9-7-15-12)14-16-8-10-18(14)13-5-3-2-4-6-13/h2-6,8,10,12,15H,7,9,11H2,1H3. The lowest BCUT2D eigenvalue weighted by Gasteiger charge is -2.32. The fraction of sp³-hybridized carbons (Fsp3) is 0.357. The first-order valence-corrected chi connectivity index (χ1v) is 6.42. The van der Waals surface area contributed by atoms with E-state index in [4.69, 9.17) is 0 Å². The topological polar surface area (TPSA) is 33.1 Å². The Kier molecular flexibility index (Phi) is 3.02. The number of hydrogen-bond donors (Lipinski definition) is 1. The number of rotatable bonds is 2. The van der Waals surface area contributed by atoms with Gasteiger partial charge in [0.2, 0.25) is 5.95 Å². The van der Waals surface area contributed by atoms with E-state index in [1.165, 1.54) is 0 Å². The van der Waals surface area contributed by atoms with Crippen LogP contribution in [0.1, 0.15) is 6.92 Å². The second-order valence-electron chi connectivity index (χ2n) is 4.73. The van der Waals surface area contributed by atoms with Gasteiger partial charge in [0.15, 0.2) is 0 Å². The largest absolute Gasteiger partial charge is 0.339 e. The zero-order chi connectivity index (χ0) is 12.4. The predicted molar refractivity (Wildman–Crippen MR) is 73.2 cm³/mol. The van der Waals surface area contributed by atoms with E-state index in [2.05, 4.69) is 51.0 Å². The molecule has 18 heavy (non-hydrogen) atoms. The second kappa shape index (κ2) is 4.82. The minimum absolute atomic E-state index is 0.514. The molecule has 1 fully saturated rings. The summed E-state index contributed by atoms with van der Waals surface area (Å²) in [6, 6.07) is 10.9. The zero-order valence-corrected chi connectivity index (χ0v) is 10.6. The van der Waals surface area contributed by atoms with Gasteiger partial charge in [0.1, 0.15) is 0 Å². The smallest absolute Gasteiger partial charge is 0.210 e. The number of hydrogen-bond acceptors (Lipinski definition) is 3. The molecule has 0 spiro atoms. The van der Waals surface area contributed by atoms with Gasteiger partial charge >= 0.3 is 0 Å². The van der Waals surface area contributed by atoms with Gasteiger partial charge < -0.3 is 10.2 Å². The van der Waals surface area contributed by atoms with Crippen LogP contribution in [0.4, 0.5) is 5.95 Å². The van der Waals surface area contributed by atoms with Gasteiger partial charge in [0.25, 0.3) is 0 Å². The van der Waals surface area contributed by atoms with E-state index in [1.807, 2.05) is 18.5 Å². The Balaban J connectivity index is 1.92. The van der Waals surface area contributed by atoms with Gasteiger partial charge in [-0.25, -0.2) is 4.98 Å². The van der Waals surface area contributed by atoms with Crippen LogP contribution in [0.15, 0.2) is 42.7 Å². The Morgan fingerprint density at radius 2 is 2.11 bits per heavy atom. The number of nitrogens with zero attached hydrogens (tertiary/aromatic N) is 3. The molecule has 0 radical (unpaired) electrons. The summed E-state index contributed by atoms with van der Waals surface area (Å²) in [4.78, 5) is 6.85. The number of benzene rings is 1. The van der Waals surface area contributed by atoms with Crippen molar-refractivity contribution >= 4 is 5.95 Å². The summed E-state index contributed by atoms with van der Waals surface area (Å²) in [7, 11) is 0. The highest BCUT2D eigenvalue weighted by atomic mass is 15.3. The van der Waals surface area contributed by atoms with Crippen molar-refractivity contribution in [3.05, 3.63) is 42.7 Å². The molecule has 1 aliphatic rings. The Labute approximate surface area is 107 Å². The van der Waals surface area contributed by atoms with E-state index < -0.39 is 0 Å². The highest BCUT2D eigenvalue weighted by molar-refractivity contribution is 5.44. The van der Waals surface area contributed by atoms with Crippen molar-refractivity contribution in [2.75, 3.05) is 24.5 Å². The lowest BCUT2D eigenvalue weighted by molar-refractivity contribution is 0.478. The lowest BCUT2D eigenvalue weighted by atomic mass is 10.2. The normalized spacial score (nSPS) is 20.1. The van der Waals surface area contributed by atoms with Gasteiger partial charge in [0.05, 0.1) is 0 Å². The molecule has 2 heterocycles. The average Bonchev–Trinajstić information content (AvgIpc) is 2.89. The fourth-order valence-electron chi connectivity index (χ4n) is 2.43. The molecule has 2 aromatic rings. The second-order valence-corrected chi connectivity index (χ2v) is 4.73. The summed E-state index contributed by atoms with van der Waals surface area (Å²) in [5.74, 6) is 1.04. The quantitative estimate of drug-likeness (QED) is 0.869. The van der Waals surface area contributed by atoms with E-state index in [9.17, 15) is 0 Å². The van der Waals surface area contributed by atoms with Crippen LogP contribution in [0, 0.1) is 0 Å². The molecule has 1 unspecified atom stereocenters. The Morgan fingerprint density at radius 1 is 1.28 bits per heavy atom. The molecule has 0 saturated carbocycles. The van der Waals surface area contributed by atoms with E-state index >= 15 is 0 Å². The Hall–Kier alpha value is -1.81. The molecular weight excluding hydrogens is 224 g/mol. The highest BCUT2D eigenvalue weighted by Crippen LogP contribution is 2.19. The first-order chi connectivity index (χ1) is 8.84. The SMILES string of the molecule is CC1CN(c2nccn2-c2ccccc2)CCN1. The van der Waals surface area contributed by atoms with Gasteiger partial charge in [-0.15, -0.1) is 0 Å². The first-order valence-electron chi connectivity index (χ1n) is 6.42. The molecule has 3 rings (SSSR count). The van der Waals surface area contributed by atoms with E-state index in [-0.39, 0.29) is 0 Å². The molecule has 1 aromatic heterocycles. The molecule has 1 saturated heterocycles. The summed E-state index contributed by atoms with van der Waals surface area (Å²) < 4.78 is 2.15. The summed E-state index contributed by atoms with van der Waals surface area (Å²) in [5.41, 5.74) is 1.16. The maximum Gasteiger partial charge on any atom is 0.210 e. The van der Waals surface area contributed by atoms with E-state index in [1.54, 1.807) is 0 Å². The van der Waals surface area contributed by atoms with Gasteiger partial charge in [-0.2, -0.15) is 0 Å². The number of aromatic nitrogens is 2. The number of piperazine rings is 1. The van der Waals surface area contributed by atoms with Crippen molar-refractivity contribution < 1.29 is 0 Å². The van der Waals surface area contributed by atoms with Crippen molar-refractivity contribution in [2.45, 2.75) is 13.0 Å². The van der Waals surface area contributed by atoms with Gasteiger partial charge in [-0.3, -0.25) is 4.57 Å². The molecule has 94 valence electrons. The maximum atomic E-state index is 4.51. The molecule has 1 aromatic carbocycles. The average molecular weight is 242 g/mol. The fourth-order valence-corrected chi connectivity index (χ4v) is 2.43. The summed E-state index contributed by atoms with van der Waals surface area (Å²) in [6.07, 6.45) is 3.90. The van der Waals surface area contributed by atoms with Crippen molar-refractivity contribution in [3.63, 3.8) is 0 Å². The molecule has 0 aliphatic carbocycles. The van der Waals surface area contributed by atoms with Crippen LogP contribution < -0.4 is 10.2 Å². The van der Waals surface area contributed by atoms with Crippen molar-refractivity contribution in [2.24, 2.45) is 0 Å². The van der Waals surface area contributed by atoms with Gasteiger partial charge in [-0.05, 0) is 19.1 Å². The Bertz CT molecular complexity index is 506. The van der Waals surface area contributed by atoms with Crippen LogP contribution in [0.25, 0.3) is 5.69 Å². The van der Waals surface area contributed by atoms with Crippen molar-refractivity contribution in [1.82, 2.24) is 14.9 Å². The van der Waals surface area contributed by atoms with Crippen LogP contribution >= 0.6 is 0 Å². The molecule has 0 amide bonds. The van der Waals surface area contributed by atoms with Crippen LogP contribution in [-0.4, -0.2) is 35.2 Å². The Morgan fingerprint density at radius 3 is 2.89 bits per heavy atom. The van der Waals surface area contributed by atoms with E-state index in [0.29, 0.717) is 6.04 Å². The summed E-state index contributed by atoms with van der Waals surface area (Å²) in [6.45, 7) is 5.24. The summed E-state index contributed by atoms with van der Waals surface area (Å²) >= 11 is 0. The first kappa shape index (κ1) is 11.3. The number of imidazole rings is 1. The van der Waals surface area contributed by atoms with E-state index in [0.717, 1.165) is 31.3 Å².